The molecule has 1 atom stereocenters. The van der Waals surface area contributed by atoms with E-state index in [2.05, 4.69) is 0 Å². The van der Waals surface area contributed by atoms with E-state index in [9.17, 15) is 19.1 Å². The van der Waals surface area contributed by atoms with Gasteiger partial charge in [-0.05, 0) is 32.0 Å². The fourth-order valence-corrected chi connectivity index (χ4v) is 3.66. The molecule has 32 heavy (non-hydrogen) atoms. The predicted octanol–water partition coefficient (Wildman–Crippen LogP) is 3.69. The Labute approximate surface area is 186 Å². The monoisotopic (exact) mass is 443 g/mol. The van der Waals surface area contributed by atoms with Crippen LogP contribution in [-0.4, -0.2) is 55.2 Å². The number of carbonyl (C=O) groups is 2. The second kappa shape index (κ2) is 9.82. The summed E-state index contributed by atoms with van der Waals surface area (Å²) in [7, 11) is 2.89. The molecule has 1 aliphatic rings. The summed E-state index contributed by atoms with van der Waals surface area (Å²) < 4.78 is 30.8. The van der Waals surface area contributed by atoms with Crippen LogP contribution in [0.3, 0.4) is 0 Å². The molecule has 1 heterocycles. The molecule has 0 aromatic heterocycles. The number of carbonyl (C=O) groups excluding carboxylic acids is 2. The van der Waals surface area contributed by atoms with Crippen LogP contribution in [0.2, 0.25) is 0 Å². The third-order valence-electron chi connectivity index (χ3n) is 5.19. The Morgan fingerprint density at radius 2 is 1.84 bits per heavy atom. The number of rotatable bonds is 8. The lowest BCUT2D eigenvalue weighted by molar-refractivity contribution is -0.140. The molecule has 0 radical (unpaired) electrons. The van der Waals surface area contributed by atoms with Crippen LogP contribution in [0.15, 0.2) is 48.0 Å². The first kappa shape index (κ1) is 23.3. The van der Waals surface area contributed by atoms with Gasteiger partial charge < -0.3 is 24.2 Å². The van der Waals surface area contributed by atoms with Crippen LogP contribution in [0.1, 0.15) is 31.0 Å². The third kappa shape index (κ3) is 4.45. The van der Waals surface area contributed by atoms with Crippen LogP contribution in [0.25, 0.3) is 5.76 Å². The Bertz CT molecular complexity index is 1050. The second-order valence-corrected chi connectivity index (χ2v) is 7.50. The molecular formula is C24H26FNO6. The van der Waals surface area contributed by atoms with E-state index in [1.807, 2.05) is 13.8 Å². The minimum absolute atomic E-state index is 0.0539. The number of benzene rings is 2. The molecule has 3 rings (SSSR count). The molecule has 1 unspecified atom stereocenters. The first-order valence-electron chi connectivity index (χ1n) is 10.2. The van der Waals surface area contributed by atoms with Crippen LogP contribution in [0.4, 0.5) is 4.39 Å². The number of amides is 1. The van der Waals surface area contributed by atoms with Gasteiger partial charge in [-0.25, -0.2) is 4.39 Å². The Morgan fingerprint density at radius 1 is 1.12 bits per heavy atom. The zero-order valence-corrected chi connectivity index (χ0v) is 18.4. The average molecular weight is 443 g/mol. The number of ketones is 1. The summed E-state index contributed by atoms with van der Waals surface area (Å²) in [5, 5.41) is 11.1. The summed E-state index contributed by atoms with van der Waals surface area (Å²) in [5.41, 5.74) is 0.0736. The van der Waals surface area contributed by atoms with Gasteiger partial charge >= 0.3 is 0 Å². The molecule has 0 bridgehead atoms. The van der Waals surface area contributed by atoms with Crippen LogP contribution < -0.4 is 9.47 Å². The fourth-order valence-electron chi connectivity index (χ4n) is 3.66. The highest BCUT2D eigenvalue weighted by molar-refractivity contribution is 6.46. The normalized spacial score (nSPS) is 17.8. The molecule has 2 aromatic carbocycles. The van der Waals surface area contributed by atoms with Gasteiger partial charge in [-0.2, -0.15) is 0 Å². The zero-order valence-electron chi connectivity index (χ0n) is 18.4. The van der Waals surface area contributed by atoms with Crippen molar-refractivity contribution < 1.29 is 33.3 Å². The first-order chi connectivity index (χ1) is 15.3. The molecule has 0 aliphatic carbocycles. The van der Waals surface area contributed by atoms with E-state index in [-0.39, 0.29) is 41.7 Å². The van der Waals surface area contributed by atoms with Crippen molar-refractivity contribution in [1.29, 1.82) is 0 Å². The van der Waals surface area contributed by atoms with E-state index >= 15 is 0 Å². The van der Waals surface area contributed by atoms with Gasteiger partial charge in [-0.3, -0.25) is 9.59 Å². The van der Waals surface area contributed by atoms with Gasteiger partial charge in [-0.15, -0.1) is 0 Å². The second-order valence-electron chi connectivity index (χ2n) is 7.50. The van der Waals surface area contributed by atoms with Crippen LogP contribution >= 0.6 is 0 Å². The van der Waals surface area contributed by atoms with Crippen molar-refractivity contribution in [2.45, 2.75) is 26.0 Å². The summed E-state index contributed by atoms with van der Waals surface area (Å²) in [6.45, 7) is 3.90. The molecule has 1 aliphatic heterocycles. The molecule has 7 nitrogen and oxygen atoms in total. The van der Waals surface area contributed by atoms with Crippen LogP contribution in [0, 0.1) is 5.82 Å². The topological polar surface area (TPSA) is 85.3 Å². The van der Waals surface area contributed by atoms with Gasteiger partial charge in [0.2, 0.25) is 0 Å². The number of halogens is 1. The number of aliphatic hydroxyl groups excluding tert-OH is 1. The van der Waals surface area contributed by atoms with Crippen molar-refractivity contribution in [3.63, 3.8) is 0 Å². The molecule has 8 heteroatoms. The minimum atomic E-state index is -1.11. The maximum Gasteiger partial charge on any atom is 0.295 e. The first-order valence-corrected chi connectivity index (χ1v) is 10.2. The van der Waals surface area contributed by atoms with Gasteiger partial charge in [0.05, 0.1) is 44.1 Å². The van der Waals surface area contributed by atoms with Crippen LogP contribution in [-0.2, 0) is 14.3 Å². The van der Waals surface area contributed by atoms with Crippen LogP contribution in [0.5, 0.6) is 11.5 Å². The Balaban J connectivity index is 2.16. The molecule has 1 fully saturated rings. The third-order valence-corrected chi connectivity index (χ3v) is 5.19. The molecule has 1 amide bonds. The predicted molar refractivity (Wildman–Crippen MR) is 116 cm³/mol. The molecule has 170 valence electrons. The van der Waals surface area contributed by atoms with Crippen molar-refractivity contribution in [3.05, 3.63) is 65.0 Å². The van der Waals surface area contributed by atoms with E-state index < -0.39 is 29.3 Å². The molecule has 0 saturated carbocycles. The lowest BCUT2D eigenvalue weighted by atomic mass is 9.94. The Hall–Kier alpha value is -3.39. The number of Topliss-reactive ketones (excluding diaryl/α,β-unsaturated/α-hetero) is 1. The standard InChI is InChI=1S/C24H26FNO6/c1-14(2)32-12-11-26-21(16-7-5-6-8-18(16)25)20(23(28)24(26)29)22(27)17-10-9-15(30-3)13-19(17)31-4/h5-10,13-14,21,27H,11-12H2,1-4H3/b22-20+. The quantitative estimate of drug-likeness (QED) is 0.381. The number of aliphatic hydroxyl groups is 1. The smallest absolute Gasteiger partial charge is 0.295 e. The maximum absolute atomic E-state index is 14.8. The van der Waals surface area contributed by atoms with Crippen molar-refractivity contribution >= 4 is 17.4 Å². The molecule has 0 spiro atoms. The number of hydrogen-bond donors (Lipinski definition) is 1. The van der Waals surface area contributed by atoms with E-state index in [1.165, 1.54) is 43.4 Å². The molecular weight excluding hydrogens is 417 g/mol. The van der Waals surface area contributed by atoms with Crippen molar-refractivity contribution in [1.82, 2.24) is 4.90 Å². The highest BCUT2D eigenvalue weighted by atomic mass is 19.1. The Kier molecular flexibility index (Phi) is 7.15. The summed E-state index contributed by atoms with van der Waals surface area (Å²) in [6.07, 6.45) is -0.0812. The zero-order chi connectivity index (χ0) is 23.4. The highest BCUT2D eigenvalue weighted by Crippen LogP contribution is 2.42. The molecule has 1 N–H and O–H groups in total. The Morgan fingerprint density at radius 3 is 2.47 bits per heavy atom. The van der Waals surface area contributed by atoms with Gasteiger partial charge in [0, 0.05) is 18.2 Å². The van der Waals surface area contributed by atoms with Gasteiger partial charge in [0.15, 0.2) is 0 Å². The molecule has 1 saturated heterocycles. The summed E-state index contributed by atoms with van der Waals surface area (Å²) in [5.74, 6) is -2.07. The van der Waals surface area contributed by atoms with Gasteiger partial charge in [0.1, 0.15) is 23.1 Å². The van der Waals surface area contributed by atoms with Crippen molar-refractivity contribution in [3.8, 4) is 11.5 Å². The van der Waals surface area contributed by atoms with Crippen molar-refractivity contribution in [2.75, 3.05) is 27.4 Å². The van der Waals surface area contributed by atoms with E-state index in [0.29, 0.717) is 5.75 Å². The SMILES string of the molecule is COc1ccc(/C(O)=C2\C(=O)C(=O)N(CCOC(C)C)C2c2ccccc2F)c(OC)c1. The van der Waals surface area contributed by atoms with E-state index in [0.717, 1.165) is 0 Å². The lowest BCUT2D eigenvalue weighted by Gasteiger charge is -2.26. The van der Waals surface area contributed by atoms with E-state index in [4.69, 9.17) is 14.2 Å². The summed E-state index contributed by atoms with van der Waals surface area (Å²) in [4.78, 5) is 27.1. The number of ether oxygens (including phenoxy) is 3. The van der Waals surface area contributed by atoms with Crippen molar-refractivity contribution in [2.24, 2.45) is 0 Å². The maximum atomic E-state index is 14.8. The number of methoxy groups -OCH3 is 2. The average Bonchev–Trinajstić information content (AvgIpc) is 3.03. The number of hydrogen-bond acceptors (Lipinski definition) is 6. The largest absolute Gasteiger partial charge is 0.507 e. The number of nitrogens with zero attached hydrogens (tertiary/aromatic N) is 1. The number of likely N-dealkylation sites (tertiary alicyclic amines) is 1. The van der Waals surface area contributed by atoms with Gasteiger partial charge in [0.25, 0.3) is 11.7 Å². The summed E-state index contributed by atoms with van der Waals surface area (Å²) in [6, 6.07) is 9.38. The minimum Gasteiger partial charge on any atom is -0.507 e. The fraction of sp³-hybridized carbons (Fsp3) is 0.333. The summed E-state index contributed by atoms with van der Waals surface area (Å²) >= 11 is 0. The highest BCUT2D eigenvalue weighted by Gasteiger charge is 2.47. The lowest BCUT2D eigenvalue weighted by Crippen LogP contribution is -2.33. The van der Waals surface area contributed by atoms with Gasteiger partial charge in [-0.1, -0.05) is 18.2 Å². The molecule has 2 aromatic rings. The van der Waals surface area contributed by atoms with E-state index in [1.54, 1.807) is 18.2 Å².